The molecule has 1 aliphatic rings. The Morgan fingerprint density at radius 3 is 2.72 bits per heavy atom. The number of halogens is 1. The van der Waals surface area contributed by atoms with Crippen molar-refractivity contribution in [1.29, 1.82) is 0 Å². The van der Waals surface area contributed by atoms with Gasteiger partial charge in [-0.3, -0.25) is 0 Å². The number of rotatable bonds is 4. The quantitative estimate of drug-likeness (QED) is 0.819. The first-order chi connectivity index (χ1) is 8.66. The second kappa shape index (κ2) is 6.53. The fourth-order valence-electron chi connectivity index (χ4n) is 2.52. The number of nitrogens with two attached hydrogens (primary N) is 1. The lowest BCUT2D eigenvalue weighted by Crippen LogP contribution is -2.19. The van der Waals surface area contributed by atoms with Crippen LogP contribution in [0.3, 0.4) is 0 Å². The van der Waals surface area contributed by atoms with Gasteiger partial charge >= 0.3 is 0 Å². The molecule has 1 aromatic carbocycles. The third-order valence-corrected chi connectivity index (χ3v) is 4.27. The van der Waals surface area contributed by atoms with Gasteiger partial charge in [-0.05, 0) is 37.0 Å². The maximum absolute atomic E-state index is 5.75. The van der Waals surface area contributed by atoms with E-state index in [9.17, 15) is 0 Å². The van der Waals surface area contributed by atoms with E-state index in [0.717, 1.165) is 28.2 Å². The molecule has 2 rings (SSSR count). The molecule has 1 aromatic rings. The summed E-state index contributed by atoms with van der Waals surface area (Å²) in [6, 6.07) is 5.99. The molecule has 0 atom stereocenters. The van der Waals surface area contributed by atoms with Crippen LogP contribution < -0.4 is 11.1 Å². The van der Waals surface area contributed by atoms with Crippen LogP contribution in [0.5, 0.6) is 0 Å². The van der Waals surface area contributed by atoms with Crippen molar-refractivity contribution in [1.82, 2.24) is 0 Å². The standard InChI is InChI=1S/C14H19BrN2S/c15-11-6-7-12(14(16)18)13(8-11)17-9-10-4-2-1-3-5-10/h6-8,10,17H,1-5,9H2,(H2,16,18). The van der Waals surface area contributed by atoms with Crippen LogP contribution in [0.15, 0.2) is 22.7 Å². The number of hydrogen-bond donors (Lipinski definition) is 2. The van der Waals surface area contributed by atoms with Crippen LogP contribution in [0.25, 0.3) is 0 Å². The first-order valence-corrected chi connectivity index (χ1v) is 7.70. The highest BCUT2D eigenvalue weighted by Gasteiger charge is 2.14. The number of benzene rings is 1. The molecule has 3 N–H and O–H groups in total. The van der Waals surface area contributed by atoms with Crippen LogP contribution in [-0.4, -0.2) is 11.5 Å². The van der Waals surface area contributed by atoms with Gasteiger partial charge in [-0.25, -0.2) is 0 Å². The molecule has 98 valence electrons. The van der Waals surface area contributed by atoms with Crippen molar-refractivity contribution in [2.45, 2.75) is 32.1 Å². The van der Waals surface area contributed by atoms with Gasteiger partial charge in [-0.2, -0.15) is 0 Å². The molecular formula is C14H19BrN2S. The molecule has 1 aliphatic carbocycles. The van der Waals surface area contributed by atoms with Crippen molar-refractivity contribution in [2.75, 3.05) is 11.9 Å². The van der Waals surface area contributed by atoms with Crippen LogP contribution in [-0.2, 0) is 0 Å². The smallest absolute Gasteiger partial charge is 0.106 e. The van der Waals surface area contributed by atoms with Crippen LogP contribution in [0, 0.1) is 5.92 Å². The summed E-state index contributed by atoms with van der Waals surface area (Å²) in [5.74, 6) is 0.789. The van der Waals surface area contributed by atoms with Crippen molar-refractivity contribution >= 4 is 38.8 Å². The van der Waals surface area contributed by atoms with Gasteiger partial charge in [0.15, 0.2) is 0 Å². The second-order valence-corrected chi connectivity index (χ2v) is 6.29. The Balaban J connectivity index is 2.03. The normalized spacial score (nSPS) is 16.5. The lowest BCUT2D eigenvalue weighted by atomic mass is 9.89. The third kappa shape index (κ3) is 3.69. The summed E-state index contributed by atoms with van der Waals surface area (Å²) in [5, 5.41) is 3.51. The zero-order valence-corrected chi connectivity index (χ0v) is 12.8. The maximum atomic E-state index is 5.75. The molecule has 0 amide bonds. The largest absolute Gasteiger partial charge is 0.389 e. The average Bonchev–Trinajstić information content (AvgIpc) is 2.37. The van der Waals surface area contributed by atoms with Crippen molar-refractivity contribution in [3.8, 4) is 0 Å². The maximum Gasteiger partial charge on any atom is 0.106 e. The lowest BCUT2D eigenvalue weighted by Gasteiger charge is -2.23. The average molecular weight is 327 g/mol. The van der Waals surface area contributed by atoms with Gasteiger partial charge in [0, 0.05) is 22.3 Å². The molecule has 0 unspecified atom stereocenters. The molecule has 0 aliphatic heterocycles. The van der Waals surface area contributed by atoms with Gasteiger partial charge in [0.25, 0.3) is 0 Å². The van der Waals surface area contributed by atoms with Gasteiger partial charge in [-0.15, -0.1) is 0 Å². The molecule has 1 saturated carbocycles. The second-order valence-electron chi connectivity index (χ2n) is 4.94. The van der Waals surface area contributed by atoms with Crippen molar-refractivity contribution < 1.29 is 0 Å². The van der Waals surface area contributed by atoms with Crippen molar-refractivity contribution in [3.63, 3.8) is 0 Å². The Morgan fingerprint density at radius 1 is 1.33 bits per heavy atom. The minimum Gasteiger partial charge on any atom is -0.389 e. The van der Waals surface area contributed by atoms with Gasteiger partial charge in [0.1, 0.15) is 4.99 Å². The molecule has 1 fully saturated rings. The van der Waals surface area contributed by atoms with E-state index in [2.05, 4.69) is 27.3 Å². The van der Waals surface area contributed by atoms with E-state index in [1.54, 1.807) is 0 Å². The monoisotopic (exact) mass is 326 g/mol. The van der Waals surface area contributed by atoms with Crippen LogP contribution in [0.2, 0.25) is 0 Å². The molecule has 0 saturated heterocycles. The summed E-state index contributed by atoms with van der Waals surface area (Å²) in [6.45, 7) is 1.02. The summed E-state index contributed by atoms with van der Waals surface area (Å²) >= 11 is 8.57. The van der Waals surface area contributed by atoms with E-state index in [1.165, 1.54) is 32.1 Å². The predicted molar refractivity (Wildman–Crippen MR) is 85.1 cm³/mol. The Hall–Kier alpha value is -0.610. The highest BCUT2D eigenvalue weighted by molar-refractivity contribution is 9.10. The number of hydrogen-bond acceptors (Lipinski definition) is 2. The Kier molecular flexibility index (Phi) is 5.01. The SMILES string of the molecule is NC(=S)c1ccc(Br)cc1NCC1CCCCC1. The van der Waals surface area contributed by atoms with E-state index in [-0.39, 0.29) is 0 Å². The van der Waals surface area contributed by atoms with E-state index >= 15 is 0 Å². The first-order valence-electron chi connectivity index (χ1n) is 6.50. The number of thiocarbonyl (C=S) groups is 1. The lowest BCUT2D eigenvalue weighted by molar-refractivity contribution is 0.373. The zero-order valence-electron chi connectivity index (χ0n) is 10.4. The molecule has 2 nitrogen and oxygen atoms in total. The highest BCUT2D eigenvalue weighted by atomic mass is 79.9. The summed E-state index contributed by atoms with van der Waals surface area (Å²) in [6.07, 6.45) is 6.80. The minimum atomic E-state index is 0.452. The molecule has 4 heteroatoms. The van der Waals surface area contributed by atoms with E-state index < -0.39 is 0 Å². The molecule has 0 radical (unpaired) electrons. The van der Waals surface area contributed by atoms with Crippen molar-refractivity contribution in [3.05, 3.63) is 28.2 Å². The Labute approximate surface area is 122 Å². The number of nitrogens with one attached hydrogen (secondary N) is 1. The zero-order chi connectivity index (χ0) is 13.0. The van der Waals surface area contributed by atoms with Gasteiger partial charge in [-0.1, -0.05) is 47.4 Å². The Bertz CT molecular complexity index is 428. The molecule has 18 heavy (non-hydrogen) atoms. The Morgan fingerprint density at radius 2 is 2.06 bits per heavy atom. The summed E-state index contributed by atoms with van der Waals surface area (Å²) in [7, 11) is 0. The van der Waals surface area contributed by atoms with Gasteiger partial charge in [0.2, 0.25) is 0 Å². The molecule has 0 heterocycles. The van der Waals surface area contributed by atoms with Gasteiger partial charge in [0.05, 0.1) is 0 Å². The van der Waals surface area contributed by atoms with Crippen LogP contribution in [0.4, 0.5) is 5.69 Å². The molecule has 0 bridgehead atoms. The van der Waals surface area contributed by atoms with Crippen molar-refractivity contribution in [2.24, 2.45) is 11.7 Å². The van der Waals surface area contributed by atoms with E-state index in [1.807, 2.05) is 12.1 Å². The highest BCUT2D eigenvalue weighted by Crippen LogP contribution is 2.26. The summed E-state index contributed by atoms with van der Waals surface area (Å²) in [5.41, 5.74) is 7.73. The third-order valence-electron chi connectivity index (χ3n) is 3.55. The summed E-state index contributed by atoms with van der Waals surface area (Å²) < 4.78 is 1.05. The molecular weight excluding hydrogens is 308 g/mol. The van der Waals surface area contributed by atoms with Crippen LogP contribution >= 0.6 is 28.1 Å². The fourth-order valence-corrected chi connectivity index (χ4v) is 3.06. The fraction of sp³-hybridized carbons (Fsp3) is 0.500. The first kappa shape index (κ1) is 13.8. The van der Waals surface area contributed by atoms with Gasteiger partial charge < -0.3 is 11.1 Å². The number of anilines is 1. The van der Waals surface area contributed by atoms with E-state index in [0.29, 0.717) is 4.99 Å². The molecule has 0 spiro atoms. The summed E-state index contributed by atoms with van der Waals surface area (Å²) in [4.78, 5) is 0.452. The van der Waals surface area contributed by atoms with Crippen LogP contribution in [0.1, 0.15) is 37.7 Å². The van der Waals surface area contributed by atoms with E-state index in [4.69, 9.17) is 18.0 Å². The molecule has 0 aromatic heterocycles. The topological polar surface area (TPSA) is 38.0 Å². The minimum absolute atomic E-state index is 0.452. The predicted octanol–water partition coefficient (Wildman–Crippen LogP) is 4.08.